The van der Waals surface area contributed by atoms with Gasteiger partial charge in [0.05, 0.1) is 5.41 Å². The summed E-state index contributed by atoms with van der Waals surface area (Å²) in [5.41, 5.74) is 6.67. The number of nitrogens with two attached hydrogens (primary N) is 1. The third kappa shape index (κ3) is 3.47. The quantitative estimate of drug-likeness (QED) is 0.894. The predicted molar refractivity (Wildman–Crippen MR) is 98.0 cm³/mol. The molecule has 0 bridgehead atoms. The van der Waals surface area contributed by atoms with Crippen LogP contribution >= 0.6 is 0 Å². The summed E-state index contributed by atoms with van der Waals surface area (Å²) < 4.78 is 13.8. The van der Waals surface area contributed by atoms with E-state index >= 15 is 0 Å². The number of likely N-dealkylation sites (N-methyl/N-ethyl adjacent to an activating group) is 1. The smallest absolute Gasteiger partial charge is 0.248 e. The van der Waals surface area contributed by atoms with E-state index in [1.165, 1.54) is 12.1 Å². The molecule has 0 saturated heterocycles. The Morgan fingerprint density at radius 1 is 1.12 bits per heavy atom. The van der Waals surface area contributed by atoms with Crippen LogP contribution in [-0.4, -0.2) is 23.8 Å². The first-order valence-corrected chi connectivity index (χ1v) is 8.83. The molecule has 2 amide bonds. The van der Waals surface area contributed by atoms with Crippen LogP contribution in [0, 0.1) is 5.82 Å². The molecule has 1 fully saturated rings. The molecule has 0 spiro atoms. The largest absolute Gasteiger partial charge is 0.366 e. The summed E-state index contributed by atoms with van der Waals surface area (Å²) in [4.78, 5) is 26.3. The van der Waals surface area contributed by atoms with Crippen molar-refractivity contribution in [3.05, 3.63) is 71.0 Å². The van der Waals surface area contributed by atoms with Gasteiger partial charge in [-0.05, 0) is 48.2 Å². The predicted octanol–water partition coefficient (Wildman–Crippen LogP) is 3.40. The first-order valence-electron chi connectivity index (χ1n) is 8.83. The van der Waals surface area contributed by atoms with Crippen LogP contribution in [0.2, 0.25) is 0 Å². The van der Waals surface area contributed by atoms with E-state index in [9.17, 15) is 14.0 Å². The summed E-state index contributed by atoms with van der Waals surface area (Å²) in [7, 11) is 1.75. The SMILES string of the molecule is CN(Cc1cccc(C(N)=O)c1)C(=O)C1(c2cccc(F)c2)CCCC1. The third-order valence-corrected chi connectivity index (χ3v) is 5.22. The lowest BCUT2D eigenvalue weighted by Crippen LogP contribution is -2.43. The molecule has 0 atom stereocenters. The maximum absolute atomic E-state index is 13.8. The number of carbonyl (C=O) groups is 2. The highest BCUT2D eigenvalue weighted by Gasteiger charge is 2.44. The minimum absolute atomic E-state index is 0.00919. The molecule has 26 heavy (non-hydrogen) atoms. The maximum atomic E-state index is 13.8. The second-order valence-electron chi connectivity index (χ2n) is 7.03. The number of nitrogens with zero attached hydrogens (tertiary/aromatic N) is 1. The van der Waals surface area contributed by atoms with Crippen LogP contribution in [0.5, 0.6) is 0 Å². The number of carbonyl (C=O) groups excluding carboxylic acids is 2. The Labute approximate surface area is 152 Å². The molecule has 5 heteroatoms. The fraction of sp³-hybridized carbons (Fsp3) is 0.333. The highest BCUT2D eigenvalue weighted by Crippen LogP contribution is 2.42. The van der Waals surface area contributed by atoms with Crippen molar-refractivity contribution >= 4 is 11.8 Å². The van der Waals surface area contributed by atoms with Gasteiger partial charge in [0.1, 0.15) is 5.82 Å². The number of hydrogen-bond acceptors (Lipinski definition) is 2. The van der Waals surface area contributed by atoms with Gasteiger partial charge in [-0.15, -0.1) is 0 Å². The van der Waals surface area contributed by atoms with Crippen LogP contribution in [0.4, 0.5) is 4.39 Å². The van der Waals surface area contributed by atoms with Gasteiger partial charge in [0, 0.05) is 19.2 Å². The standard InChI is InChI=1S/C21H23FN2O2/c1-24(14-15-6-4-7-16(12-15)19(23)25)20(26)21(10-2-3-11-21)17-8-5-9-18(22)13-17/h4-9,12-13H,2-3,10-11,14H2,1H3,(H2,23,25). The number of amides is 2. The maximum Gasteiger partial charge on any atom is 0.248 e. The molecule has 2 aromatic rings. The van der Waals surface area contributed by atoms with Crippen molar-refractivity contribution < 1.29 is 14.0 Å². The summed E-state index contributed by atoms with van der Waals surface area (Å²) in [6, 6.07) is 13.3. The highest BCUT2D eigenvalue weighted by atomic mass is 19.1. The van der Waals surface area contributed by atoms with Gasteiger partial charge in [-0.3, -0.25) is 9.59 Å². The fourth-order valence-electron chi connectivity index (χ4n) is 3.92. The summed E-state index contributed by atoms with van der Waals surface area (Å²) in [6.45, 7) is 0.372. The monoisotopic (exact) mass is 354 g/mol. The molecule has 0 unspecified atom stereocenters. The van der Waals surface area contributed by atoms with E-state index in [-0.39, 0.29) is 11.7 Å². The number of halogens is 1. The summed E-state index contributed by atoms with van der Waals surface area (Å²) in [5, 5.41) is 0. The first-order chi connectivity index (χ1) is 12.4. The summed E-state index contributed by atoms with van der Waals surface area (Å²) in [5.74, 6) is -0.823. The van der Waals surface area contributed by atoms with E-state index in [4.69, 9.17) is 5.73 Å². The Hall–Kier alpha value is -2.69. The van der Waals surface area contributed by atoms with Gasteiger partial charge in [-0.25, -0.2) is 4.39 Å². The van der Waals surface area contributed by atoms with Crippen molar-refractivity contribution in [2.45, 2.75) is 37.6 Å². The average molecular weight is 354 g/mol. The van der Waals surface area contributed by atoms with Crippen LogP contribution in [0.1, 0.15) is 47.2 Å². The van der Waals surface area contributed by atoms with Crippen molar-refractivity contribution in [2.24, 2.45) is 5.73 Å². The van der Waals surface area contributed by atoms with E-state index in [0.29, 0.717) is 12.1 Å². The molecule has 1 aliphatic rings. The third-order valence-electron chi connectivity index (χ3n) is 5.22. The molecule has 1 saturated carbocycles. The van der Waals surface area contributed by atoms with Crippen molar-refractivity contribution in [2.75, 3.05) is 7.05 Å². The van der Waals surface area contributed by atoms with Crippen LogP contribution in [0.15, 0.2) is 48.5 Å². The average Bonchev–Trinajstić information content (AvgIpc) is 3.12. The molecule has 0 radical (unpaired) electrons. The van der Waals surface area contributed by atoms with Gasteiger partial charge in [0.15, 0.2) is 0 Å². The number of primary amides is 1. The zero-order chi connectivity index (χ0) is 18.7. The van der Waals surface area contributed by atoms with Gasteiger partial charge < -0.3 is 10.6 Å². The van der Waals surface area contributed by atoms with Gasteiger partial charge >= 0.3 is 0 Å². The van der Waals surface area contributed by atoms with Gasteiger partial charge in [0.25, 0.3) is 0 Å². The van der Waals surface area contributed by atoms with Crippen molar-refractivity contribution in [3.63, 3.8) is 0 Å². The zero-order valence-corrected chi connectivity index (χ0v) is 14.9. The normalized spacial score (nSPS) is 15.6. The molecular weight excluding hydrogens is 331 g/mol. The zero-order valence-electron chi connectivity index (χ0n) is 14.9. The Balaban J connectivity index is 1.86. The molecule has 0 heterocycles. The highest BCUT2D eigenvalue weighted by molar-refractivity contribution is 5.93. The van der Waals surface area contributed by atoms with E-state index in [1.807, 2.05) is 12.1 Å². The van der Waals surface area contributed by atoms with Gasteiger partial charge in [-0.2, -0.15) is 0 Å². The molecule has 136 valence electrons. The Morgan fingerprint density at radius 2 is 1.81 bits per heavy atom. The Bertz CT molecular complexity index is 828. The first kappa shape index (κ1) is 18.1. The minimum atomic E-state index is -0.669. The number of rotatable bonds is 5. The van der Waals surface area contributed by atoms with E-state index in [2.05, 4.69) is 0 Å². The second kappa shape index (κ2) is 7.28. The molecule has 2 aromatic carbocycles. The van der Waals surface area contributed by atoms with Crippen molar-refractivity contribution in [3.8, 4) is 0 Å². The Kier molecular flexibility index (Phi) is 5.07. The van der Waals surface area contributed by atoms with E-state index in [0.717, 1.165) is 36.8 Å². The fourth-order valence-corrected chi connectivity index (χ4v) is 3.92. The van der Waals surface area contributed by atoms with Gasteiger partial charge in [-0.1, -0.05) is 37.1 Å². The second-order valence-corrected chi connectivity index (χ2v) is 7.03. The van der Waals surface area contributed by atoms with Crippen LogP contribution in [0.25, 0.3) is 0 Å². The number of benzene rings is 2. The number of hydrogen-bond donors (Lipinski definition) is 1. The van der Waals surface area contributed by atoms with Crippen LogP contribution in [-0.2, 0) is 16.8 Å². The van der Waals surface area contributed by atoms with E-state index in [1.54, 1.807) is 36.2 Å². The van der Waals surface area contributed by atoms with Crippen LogP contribution in [0.3, 0.4) is 0 Å². The minimum Gasteiger partial charge on any atom is -0.366 e. The van der Waals surface area contributed by atoms with E-state index < -0.39 is 11.3 Å². The lowest BCUT2D eigenvalue weighted by Gasteiger charge is -2.33. The van der Waals surface area contributed by atoms with Gasteiger partial charge in [0.2, 0.25) is 11.8 Å². The lowest BCUT2D eigenvalue weighted by atomic mass is 9.77. The van der Waals surface area contributed by atoms with Crippen molar-refractivity contribution in [1.82, 2.24) is 4.90 Å². The summed E-state index contributed by atoms with van der Waals surface area (Å²) in [6.07, 6.45) is 3.35. The molecule has 3 rings (SSSR count). The molecule has 4 nitrogen and oxygen atoms in total. The molecule has 1 aliphatic carbocycles. The topological polar surface area (TPSA) is 63.4 Å². The molecule has 2 N–H and O–H groups in total. The van der Waals surface area contributed by atoms with Crippen LogP contribution < -0.4 is 5.73 Å². The summed E-state index contributed by atoms with van der Waals surface area (Å²) >= 11 is 0. The molecule has 0 aliphatic heterocycles. The van der Waals surface area contributed by atoms with Crippen molar-refractivity contribution in [1.29, 1.82) is 0 Å². The lowest BCUT2D eigenvalue weighted by molar-refractivity contribution is -0.136. The Morgan fingerprint density at radius 3 is 2.46 bits per heavy atom. The molecular formula is C21H23FN2O2. The molecule has 0 aromatic heterocycles.